The highest BCUT2D eigenvalue weighted by Crippen LogP contribution is 2.25. The van der Waals surface area contributed by atoms with Gasteiger partial charge in [0, 0.05) is 13.6 Å². The molecule has 1 N–H and O–H groups in total. The van der Waals surface area contributed by atoms with Crippen molar-refractivity contribution < 1.29 is 0 Å². The molecule has 0 saturated heterocycles. The van der Waals surface area contributed by atoms with Gasteiger partial charge < -0.3 is 5.32 Å². The molecule has 1 aromatic rings. The quantitative estimate of drug-likeness (QED) is 0.850. The van der Waals surface area contributed by atoms with Crippen LogP contribution in [-0.4, -0.2) is 16.3 Å². The fourth-order valence-corrected chi connectivity index (χ4v) is 2.67. The van der Waals surface area contributed by atoms with E-state index in [-0.39, 0.29) is 0 Å². The maximum atomic E-state index is 4.43. The summed E-state index contributed by atoms with van der Waals surface area (Å²) < 4.78 is 1.96. The molecule has 1 saturated carbocycles. The second kappa shape index (κ2) is 4.89. The summed E-state index contributed by atoms with van der Waals surface area (Å²) in [5.74, 6) is 0.868. The minimum Gasteiger partial charge on any atom is -0.382 e. The van der Waals surface area contributed by atoms with E-state index in [9.17, 15) is 0 Å². The van der Waals surface area contributed by atoms with E-state index in [4.69, 9.17) is 0 Å². The van der Waals surface area contributed by atoms with E-state index in [1.165, 1.54) is 43.5 Å². The van der Waals surface area contributed by atoms with Crippen molar-refractivity contribution in [1.82, 2.24) is 9.78 Å². The predicted octanol–water partition coefficient (Wildman–Crippen LogP) is 3.03. The number of hydrogen-bond acceptors (Lipinski definition) is 2. The second-order valence-electron chi connectivity index (χ2n) is 5.05. The zero-order valence-electron chi connectivity index (χ0n) is 10.7. The molecular weight excluding hydrogens is 198 g/mol. The van der Waals surface area contributed by atoms with Crippen LogP contribution in [0.15, 0.2) is 0 Å². The van der Waals surface area contributed by atoms with Gasteiger partial charge in [-0.3, -0.25) is 4.68 Å². The normalized spacial score (nSPS) is 17.7. The molecule has 0 spiro atoms. The van der Waals surface area contributed by atoms with Gasteiger partial charge in [0.05, 0.1) is 17.1 Å². The minimum atomic E-state index is 0.868. The fourth-order valence-electron chi connectivity index (χ4n) is 2.67. The van der Waals surface area contributed by atoms with Crippen LogP contribution in [0, 0.1) is 19.8 Å². The highest BCUT2D eigenvalue weighted by Gasteiger charge is 2.15. The molecule has 90 valence electrons. The zero-order valence-corrected chi connectivity index (χ0v) is 10.7. The molecule has 0 aromatic carbocycles. The lowest BCUT2D eigenvalue weighted by molar-refractivity contribution is 0.373. The highest BCUT2D eigenvalue weighted by atomic mass is 15.3. The first-order valence-corrected chi connectivity index (χ1v) is 6.42. The van der Waals surface area contributed by atoms with E-state index in [0.717, 1.165) is 18.2 Å². The van der Waals surface area contributed by atoms with Crippen LogP contribution < -0.4 is 5.32 Å². The molecule has 0 amide bonds. The Labute approximate surface area is 98.2 Å². The van der Waals surface area contributed by atoms with Gasteiger partial charge in [-0.25, -0.2) is 0 Å². The van der Waals surface area contributed by atoms with Gasteiger partial charge in [0.25, 0.3) is 0 Å². The van der Waals surface area contributed by atoms with Crippen LogP contribution in [0.5, 0.6) is 0 Å². The van der Waals surface area contributed by atoms with Gasteiger partial charge in [0.2, 0.25) is 0 Å². The van der Waals surface area contributed by atoms with Crippen LogP contribution in [-0.2, 0) is 7.05 Å². The SMILES string of the molecule is Cc1nn(C)c(C)c1NCC1CCCCC1. The highest BCUT2D eigenvalue weighted by molar-refractivity contribution is 5.51. The molecule has 0 aliphatic heterocycles. The van der Waals surface area contributed by atoms with Gasteiger partial charge in [0.1, 0.15) is 0 Å². The number of rotatable bonds is 3. The van der Waals surface area contributed by atoms with Crippen LogP contribution in [0.4, 0.5) is 5.69 Å². The second-order valence-corrected chi connectivity index (χ2v) is 5.05. The molecule has 0 bridgehead atoms. The standard InChI is InChI=1S/C13H23N3/c1-10-13(11(2)16(3)15-10)14-9-12-7-5-4-6-8-12/h12,14H,4-9H2,1-3H3. The number of nitrogens with zero attached hydrogens (tertiary/aromatic N) is 2. The van der Waals surface area contributed by atoms with E-state index in [1.54, 1.807) is 0 Å². The lowest BCUT2D eigenvalue weighted by atomic mass is 9.89. The van der Waals surface area contributed by atoms with Crippen LogP contribution in [0.2, 0.25) is 0 Å². The maximum absolute atomic E-state index is 4.43. The minimum absolute atomic E-state index is 0.868. The Morgan fingerprint density at radius 2 is 1.94 bits per heavy atom. The van der Waals surface area contributed by atoms with Crippen molar-refractivity contribution in [3.8, 4) is 0 Å². The van der Waals surface area contributed by atoms with Crippen molar-refractivity contribution in [1.29, 1.82) is 0 Å². The summed E-state index contributed by atoms with van der Waals surface area (Å²) in [6, 6.07) is 0. The Balaban J connectivity index is 1.93. The van der Waals surface area contributed by atoms with Crippen LogP contribution in [0.3, 0.4) is 0 Å². The Morgan fingerprint density at radius 1 is 1.25 bits per heavy atom. The average molecular weight is 221 g/mol. The van der Waals surface area contributed by atoms with Crippen LogP contribution in [0.25, 0.3) is 0 Å². The number of nitrogens with one attached hydrogen (secondary N) is 1. The first kappa shape index (κ1) is 11.5. The molecule has 0 unspecified atom stereocenters. The molecule has 3 nitrogen and oxygen atoms in total. The third-order valence-electron chi connectivity index (χ3n) is 3.80. The largest absolute Gasteiger partial charge is 0.382 e. The van der Waals surface area contributed by atoms with E-state index < -0.39 is 0 Å². The Morgan fingerprint density at radius 3 is 2.50 bits per heavy atom. The number of aromatic nitrogens is 2. The van der Waals surface area contributed by atoms with Crippen LogP contribution >= 0.6 is 0 Å². The fraction of sp³-hybridized carbons (Fsp3) is 0.769. The Kier molecular flexibility index (Phi) is 3.52. The van der Waals surface area contributed by atoms with Gasteiger partial charge in [-0.05, 0) is 32.6 Å². The summed E-state index contributed by atoms with van der Waals surface area (Å²) in [5, 5.41) is 8.02. The maximum Gasteiger partial charge on any atom is 0.0827 e. The predicted molar refractivity (Wildman–Crippen MR) is 67.7 cm³/mol. The van der Waals surface area contributed by atoms with Crippen molar-refractivity contribution in [3.05, 3.63) is 11.4 Å². The van der Waals surface area contributed by atoms with Crippen molar-refractivity contribution in [3.63, 3.8) is 0 Å². The smallest absolute Gasteiger partial charge is 0.0827 e. The number of anilines is 1. The van der Waals surface area contributed by atoms with Crippen molar-refractivity contribution >= 4 is 5.69 Å². The topological polar surface area (TPSA) is 29.9 Å². The molecule has 1 fully saturated rings. The Hall–Kier alpha value is -0.990. The lowest BCUT2D eigenvalue weighted by Gasteiger charge is -2.22. The van der Waals surface area contributed by atoms with Crippen molar-refractivity contribution in [2.24, 2.45) is 13.0 Å². The lowest BCUT2D eigenvalue weighted by Crippen LogP contribution is -2.17. The molecular formula is C13H23N3. The number of hydrogen-bond donors (Lipinski definition) is 1. The molecule has 3 heteroatoms. The molecule has 16 heavy (non-hydrogen) atoms. The van der Waals surface area contributed by atoms with E-state index in [1.807, 2.05) is 11.7 Å². The molecule has 0 atom stereocenters. The summed E-state index contributed by atoms with van der Waals surface area (Å²) in [6.07, 6.45) is 7.05. The molecule has 1 heterocycles. The van der Waals surface area contributed by atoms with Crippen molar-refractivity contribution in [2.75, 3.05) is 11.9 Å². The average Bonchev–Trinajstić information content (AvgIpc) is 2.53. The third-order valence-corrected chi connectivity index (χ3v) is 3.80. The van der Waals surface area contributed by atoms with E-state index >= 15 is 0 Å². The Bertz CT molecular complexity index is 348. The summed E-state index contributed by atoms with van der Waals surface area (Å²) in [5.41, 5.74) is 3.61. The van der Waals surface area contributed by atoms with E-state index in [2.05, 4.69) is 24.3 Å². The van der Waals surface area contributed by atoms with Crippen LogP contribution in [0.1, 0.15) is 43.5 Å². The summed E-state index contributed by atoms with van der Waals surface area (Å²) >= 11 is 0. The molecule has 2 rings (SSSR count). The molecule has 1 aliphatic rings. The zero-order chi connectivity index (χ0) is 11.5. The molecule has 1 aromatic heterocycles. The first-order chi connectivity index (χ1) is 7.68. The van der Waals surface area contributed by atoms with Gasteiger partial charge in [-0.2, -0.15) is 5.10 Å². The molecule has 1 aliphatic carbocycles. The van der Waals surface area contributed by atoms with Gasteiger partial charge >= 0.3 is 0 Å². The van der Waals surface area contributed by atoms with Gasteiger partial charge in [-0.1, -0.05) is 19.3 Å². The first-order valence-electron chi connectivity index (χ1n) is 6.42. The van der Waals surface area contributed by atoms with Gasteiger partial charge in [0.15, 0.2) is 0 Å². The summed E-state index contributed by atoms with van der Waals surface area (Å²) in [7, 11) is 2.01. The number of aryl methyl sites for hydroxylation is 2. The third kappa shape index (κ3) is 2.39. The van der Waals surface area contributed by atoms with Crippen molar-refractivity contribution in [2.45, 2.75) is 46.0 Å². The van der Waals surface area contributed by atoms with Gasteiger partial charge in [-0.15, -0.1) is 0 Å². The molecule has 0 radical (unpaired) electrons. The van der Waals surface area contributed by atoms with E-state index in [0.29, 0.717) is 0 Å². The monoisotopic (exact) mass is 221 g/mol. The summed E-state index contributed by atoms with van der Waals surface area (Å²) in [6.45, 7) is 5.33. The summed E-state index contributed by atoms with van der Waals surface area (Å²) in [4.78, 5) is 0.